The molecule has 1 aromatic heterocycles. The van der Waals surface area contributed by atoms with Gasteiger partial charge in [-0.1, -0.05) is 36.7 Å². The molecular weight excluding hydrogens is 418 g/mol. The first kappa shape index (κ1) is 18.8. The Balaban J connectivity index is 2.05. The molecule has 0 spiro atoms. The van der Waals surface area contributed by atoms with E-state index >= 15 is 0 Å². The summed E-state index contributed by atoms with van der Waals surface area (Å²) in [5, 5.41) is 3.61. The Hall–Kier alpha value is -0.580. The van der Waals surface area contributed by atoms with Crippen molar-refractivity contribution in [3.05, 3.63) is 45.0 Å². The van der Waals surface area contributed by atoms with Crippen molar-refractivity contribution in [2.45, 2.75) is 53.1 Å². The Kier molecular flexibility index (Phi) is 5.81. The zero-order valence-electron chi connectivity index (χ0n) is 14.5. The second-order valence-electron chi connectivity index (χ2n) is 7.87. The average Bonchev–Trinajstić information content (AvgIpc) is 2.82. The third-order valence-electron chi connectivity index (χ3n) is 3.57. The molecule has 0 saturated heterocycles. The minimum Gasteiger partial charge on any atom is -0.460 e. The van der Waals surface area contributed by atoms with Gasteiger partial charge < -0.3 is 9.73 Å². The van der Waals surface area contributed by atoms with Crippen LogP contribution in [-0.4, -0.2) is 5.54 Å². The molecule has 126 valence electrons. The third kappa shape index (κ3) is 5.77. The lowest BCUT2D eigenvalue weighted by atomic mass is 9.82. The summed E-state index contributed by atoms with van der Waals surface area (Å²) in [6.07, 6.45) is 1.10. The van der Waals surface area contributed by atoms with Crippen LogP contribution in [0.4, 0.5) is 0 Å². The lowest BCUT2D eigenvalue weighted by Gasteiger charge is -2.33. The molecule has 2 aromatic rings. The van der Waals surface area contributed by atoms with Crippen LogP contribution in [0.25, 0.3) is 11.3 Å². The lowest BCUT2D eigenvalue weighted by Crippen LogP contribution is -2.41. The highest BCUT2D eigenvalue weighted by atomic mass is 79.9. The number of halogens is 2. The standard InChI is InChI=1S/C19H25Br2NO/c1-18(2,3)12-19(4,5)22-11-14-7-9-17(23-14)15-8-6-13(20)10-16(15)21/h6-10,22H,11-12H2,1-5H3. The van der Waals surface area contributed by atoms with Gasteiger partial charge >= 0.3 is 0 Å². The van der Waals surface area contributed by atoms with Crippen LogP contribution in [0.5, 0.6) is 0 Å². The van der Waals surface area contributed by atoms with E-state index in [0.29, 0.717) is 5.41 Å². The van der Waals surface area contributed by atoms with E-state index in [1.54, 1.807) is 0 Å². The highest BCUT2D eigenvalue weighted by molar-refractivity contribution is 9.11. The molecule has 0 bridgehead atoms. The van der Waals surface area contributed by atoms with Gasteiger partial charge in [0.1, 0.15) is 11.5 Å². The second-order valence-corrected chi connectivity index (χ2v) is 9.64. The largest absolute Gasteiger partial charge is 0.460 e. The van der Waals surface area contributed by atoms with Crippen molar-refractivity contribution in [3.8, 4) is 11.3 Å². The third-order valence-corrected chi connectivity index (χ3v) is 4.72. The molecule has 0 aliphatic carbocycles. The number of rotatable bonds is 5. The minimum absolute atomic E-state index is 0.0728. The number of furan rings is 1. The van der Waals surface area contributed by atoms with Crippen LogP contribution in [0.2, 0.25) is 0 Å². The molecule has 0 amide bonds. The number of hydrogen-bond donors (Lipinski definition) is 1. The van der Waals surface area contributed by atoms with E-state index in [0.717, 1.165) is 39.0 Å². The van der Waals surface area contributed by atoms with Gasteiger partial charge in [0, 0.05) is 20.0 Å². The summed E-state index contributed by atoms with van der Waals surface area (Å²) < 4.78 is 8.08. The maximum atomic E-state index is 6.01. The van der Waals surface area contributed by atoms with Crippen LogP contribution < -0.4 is 5.32 Å². The molecule has 4 heteroatoms. The fourth-order valence-electron chi connectivity index (χ4n) is 3.02. The Morgan fingerprint density at radius 3 is 2.30 bits per heavy atom. The quantitative estimate of drug-likeness (QED) is 0.552. The first-order valence-corrected chi connectivity index (χ1v) is 9.44. The Labute approximate surface area is 156 Å². The normalized spacial score (nSPS) is 12.7. The Bertz CT molecular complexity index is 668. The lowest BCUT2D eigenvalue weighted by molar-refractivity contribution is 0.236. The van der Waals surface area contributed by atoms with Crippen molar-refractivity contribution >= 4 is 31.9 Å². The molecule has 1 N–H and O–H groups in total. The van der Waals surface area contributed by atoms with Crippen LogP contribution in [0.1, 0.15) is 46.8 Å². The summed E-state index contributed by atoms with van der Waals surface area (Å²) in [7, 11) is 0. The number of hydrogen-bond acceptors (Lipinski definition) is 2. The fraction of sp³-hybridized carbons (Fsp3) is 0.474. The van der Waals surface area contributed by atoms with Crippen LogP contribution in [0, 0.1) is 5.41 Å². The van der Waals surface area contributed by atoms with Gasteiger partial charge in [-0.05, 0) is 71.9 Å². The number of nitrogens with one attached hydrogen (secondary N) is 1. The van der Waals surface area contributed by atoms with Gasteiger partial charge in [-0.15, -0.1) is 0 Å². The van der Waals surface area contributed by atoms with Crippen LogP contribution >= 0.6 is 31.9 Å². The molecule has 1 heterocycles. The predicted molar refractivity (Wildman–Crippen MR) is 105 cm³/mol. The van der Waals surface area contributed by atoms with Crippen LogP contribution in [0.3, 0.4) is 0 Å². The smallest absolute Gasteiger partial charge is 0.135 e. The van der Waals surface area contributed by atoms with Crippen molar-refractivity contribution in [3.63, 3.8) is 0 Å². The Morgan fingerprint density at radius 1 is 1.00 bits per heavy atom. The van der Waals surface area contributed by atoms with E-state index in [1.807, 2.05) is 30.3 Å². The molecule has 0 fully saturated rings. The van der Waals surface area contributed by atoms with Gasteiger partial charge in [-0.25, -0.2) is 0 Å². The van der Waals surface area contributed by atoms with E-state index in [4.69, 9.17) is 4.42 Å². The topological polar surface area (TPSA) is 25.2 Å². The second kappa shape index (κ2) is 7.12. The Morgan fingerprint density at radius 2 is 1.70 bits per heavy atom. The summed E-state index contributed by atoms with van der Waals surface area (Å²) >= 11 is 7.07. The van der Waals surface area contributed by atoms with E-state index in [9.17, 15) is 0 Å². The molecule has 1 aromatic carbocycles. The highest BCUT2D eigenvalue weighted by Crippen LogP contribution is 2.32. The van der Waals surface area contributed by atoms with Gasteiger partial charge in [-0.3, -0.25) is 0 Å². The van der Waals surface area contributed by atoms with Gasteiger partial charge in [0.05, 0.1) is 6.54 Å². The minimum atomic E-state index is 0.0728. The first-order valence-electron chi connectivity index (χ1n) is 7.85. The van der Waals surface area contributed by atoms with E-state index < -0.39 is 0 Å². The highest BCUT2D eigenvalue weighted by Gasteiger charge is 2.25. The van der Waals surface area contributed by atoms with Gasteiger partial charge in [-0.2, -0.15) is 0 Å². The molecular formula is C19H25Br2NO. The zero-order chi connectivity index (χ0) is 17.3. The summed E-state index contributed by atoms with van der Waals surface area (Å²) in [5.74, 6) is 1.84. The molecule has 0 saturated carbocycles. The molecule has 0 aliphatic rings. The van der Waals surface area contributed by atoms with E-state index in [-0.39, 0.29) is 5.54 Å². The van der Waals surface area contributed by atoms with Crippen molar-refractivity contribution < 1.29 is 4.42 Å². The van der Waals surface area contributed by atoms with Gasteiger partial charge in [0.2, 0.25) is 0 Å². The monoisotopic (exact) mass is 441 g/mol. The molecule has 0 unspecified atom stereocenters. The molecule has 0 aliphatic heterocycles. The van der Waals surface area contributed by atoms with Crippen molar-refractivity contribution in [2.24, 2.45) is 5.41 Å². The van der Waals surface area contributed by atoms with E-state index in [2.05, 4.69) is 71.8 Å². The summed E-state index contributed by atoms with van der Waals surface area (Å²) in [5.41, 5.74) is 1.43. The van der Waals surface area contributed by atoms with Gasteiger partial charge in [0.15, 0.2) is 0 Å². The molecule has 0 atom stereocenters. The van der Waals surface area contributed by atoms with Crippen molar-refractivity contribution in [1.29, 1.82) is 0 Å². The predicted octanol–water partition coefficient (Wildman–Crippen LogP) is 6.78. The van der Waals surface area contributed by atoms with Crippen LogP contribution in [-0.2, 0) is 6.54 Å². The molecule has 2 rings (SSSR count). The first-order chi connectivity index (χ1) is 10.6. The summed E-state index contributed by atoms with van der Waals surface area (Å²) in [6, 6.07) is 10.2. The van der Waals surface area contributed by atoms with Crippen LogP contribution in [0.15, 0.2) is 43.7 Å². The van der Waals surface area contributed by atoms with E-state index in [1.165, 1.54) is 0 Å². The maximum absolute atomic E-state index is 6.01. The molecule has 0 radical (unpaired) electrons. The summed E-state index contributed by atoms with van der Waals surface area (Å²) in [6.45, 7) is 12.0. The SMILES string of the molecule is CC(C)(C)CC(C)(C)NCc1ccc(-c2ccc(Br)cc2Br)o1. The van der Waals surface area contributed by atoms with Crippen molar-refractivity contribution in [1.82, 2.24) is 5.32 Å². The molecule has 2 nitrogen and oxygen atoms in total. The van der Waals surface area contributed by atoms with Gasteiger partial charge in [0.25, 0.3) is 0 Å². The zero-order valence-corrected chi connectivity index (χ0v) is 17.6. The average molecular weight is 443 g/mol. The number of benzene rings is 1. The summed E-state index contributed by atoms with van der Waals surface area (Å²) in [4.78, 5) is 0. The fourth-order valence-corrected chi connectivity index (χ4v) is 4.26. The van der Waals surface area contributed by atoms with Crippen molar-refractivity contribution in [2.75, 3.05) is 0 Å². The maximum Gasteiger partial charge on any atom is 0.135 e. The molecule has 23 heavy (non-hydrogen) atoms.